The molecule has 0 bridgehead atoms. The van der Waals surface area contributed by atoms with E-state index in [2.05, 4.69) is 49.5 Å². The fourth-order valence-electron chi connectivity index (χ4n) is 5.90. The Bertz CT molecular complexity index is 761. The molecule has 0 radical (unpaired) electrons. The van der Waals surface area contributed by atoms with Crippen LogP contribution in [0.5, 0.6) is 0 Å². The zero-order valence-electron chi connectivity index (χ0n) is 35.4. The van der Waals surface area contributed by atoms with Gasteiger partial charge in [0.05, 0.1) is 52.4 Å². The van der Waals surface area contributed by atoms with Crippen molar-refractivity contribution in [3.8, 4) is 0 Å². The molecule has 0 amide bonds. The molecule has 53 heavy (non-hydrogen) atoms. The smallest absolute Gasteiger partial charge is 0.0781 e. The molecule has 1 aromatic rings. The zero-order chi connectivity index (χ0) is 38.6. The molecular formula is C43H83N3O7. The van der Waals surface area contributed by atoms with E-state index in [1.807, 2.05) is 26.0 Å². The second kappa shape index (κ2) is 36.4. The van der Waals surface area contributed by atoms with Gasteiger partial charge in [0.15, 0.2) is 0 Å². The van der Waals surface area contributed by atoms with E-state index in [-0.39, 0.29) is 0 Å². The van der Waals surface area contributed by atoms with Gasteiger partial charge in [-0.15, -0.1) is 0 Å². The van der Waals surface area contributed by atoms with Crippen molar-refractivity contribution in [3.63, 3.8) is 0 Å². The van der Waals surface area contributed by atoms with E-state index in [4.69, 9.17) is 33.2 Å². The Morgan fingerprint density at radius 1 is 0.585 bits per heavy atom. The number of morpholine rings is 2. The average Bonchev–Trinajstić information content (AvgIpc) is 3.19. The van der Waals surface area contributed by atoms with Crippen molar-refractivity contribution in [2.45, 2.75) is 105 Å². The maximum Gasteiger partial charge on any atom is 0.0781 e. The molecule has 6 saturated heterocycles. The molecule has 312 valence electrons. The lowest BCUT2D eigenvalue weighted by Crippen LogP contribution is -2.36. The predicted octanol–water partition coefficient (Wildman–Crippen LogP) is 7.57. The molecule has 0 aliphatic carbocycles. The van der Waals surface area contributed by atoms with Crippen molar-refractivity contribution in [3.05, 3.63) is 30.1 Å². The molecule has 10 nitrogen and oxygen atoms in total. The van der Waals surface area contributed by atoms with E-state index < -0.39 is 0 Å². The molecular weight excluding hydrogens is 670 g/mol. The Hall–Kier alpha value is -1.21. The first kappa shape index (κ1) is 49.8. The zero-order valence-corrected chi connectivity index (χ0v) is 35.4. The van der Waals surface area contributed by atoms with E-state index >= 15 is 0 Å². The Morgan fingerprint density at radius 3 is 1.36 bits per heavy atom. The van der Waals surface area contributed by atoms with Crippen LogP contribution in [-0.4, -0.2) is 147 Å². The maximum absolute atomic E-state index is 5.25. The van der Waals surface area contributed by atoms with Gasteiger partial charge in [-0.1, -0.05) is 40.5 Å². The van der Waals surface area contributed by atoms with Crippen molar-refractivity contribution in [2.24, 2.45) is 17.8 Å². The van der Waals surface area contributed by atoms with Gasteiger partial charge in [0.1, 0.15) is 0 Å². The molecule has 0 N–H and O–H groups in total. The number of likely N-dealkylation sites (N-methyl/N-ethyl adjacent to an activating group) is 1. The second-order valence-electron chi connectivity index (χ2n) is 15.1. The van der Waals surface area contributed by atoms with Gasteiger partial charge in [-0.2, -0.15) is 0 Å². The Morgan fingerprint density at radius 2 is 1.06 bits per heavy atom. The van der Waals surface area contributed by atoms with E-state index in [9.17, 15) is 0 Å². The second-order valence-corrected chi connectivity index (χ2v) is 15.1. The highest BCUT2D eigenvalue weighted by Gasteiger charge is 2.12. The van der Waals surface area contributed by atoms with Crippen LogP contribution < -0.4 is 0 Å². The van der Waals surface area contributed by atoms with Crippen LogP contribution in [0.1, 0.15) is 98.0 Å². The van der Waals surface area contributed by atoms with Crippen LogP contribution in [0.15, 0.2) is 24.5 Å². The molecule has 7 rings (SSSR count). The summed E-state index contributed by atoms with van der Waals surface area (Å²) in [4.78, 5) is 8.56. The monoisotopic (exact) mass is 754 g/mol. The van der Waals surface area contributed by atoms with Gasteiger partial charge in [0, 0.05) is 78.2 Å². The third kappa shape index (κ3) is 32.7. The Labute approximate surface area is 326 Å². The number of pyridine rings is 1. The molecule has 1 atom stereocenters. The van der Waals surface area contributed by atoms with Gasteiger partial charge in [0.2, 0.25) is 0 Å². The van der Waals surface area contributed by atoms with Crippen LogP contribution in [0.25, 0.3) is 0 Å². The third-order valence-corrected chi connectivity index (χ3v) is 9.77. The number of hydrogen-bond acceptors (Lipinski definition) is 10. The van der Waals surface area contributed by atoms with Crippen LogP contribution >= 0.6 is 0 Å². The largest absolute Gasteiger partial charge is 0.381 e. The number of aryl methyl sites for hydroxylation is 1. The molecule has 1 aromatic heterocycles. The number of rotatable bonds is 4. The lowest BCUT2D eigenvalue weighted by Gasteiger charge is -2.25. The average molecular weight is 754 g/mol. The minimum absolute atomic E-state index is 0.314. The topological polar surface area (TPSA) is 84.0 Å². The van der Waals surface area contributed by atoms with Crippen LogP contribution in [-0.2, 0) is 33.2 Å². The fourth-order valence-corrected chi connectivity index (χ4v) is 5.90. The van der Waals surface area contributed by atoms with Gasteiger partial charge in [-0.25, -0.2) is 0 Å². The Balaban J connectivity index is 0.000000310. The molecule has 7 heterocycles. The van der Waals surface area contributed by atoms with E-state index in [0.29, 0.717) is 6.10 Å². The summed E-state index contributed by atoms with van der Waals surface area (Å²) in [6, 6.07) is 3.94. The quantitative estimate of drug-likeness (QED) is 0.307. The van der Waals surface area contributed by atoms with E-state index in [1.165, 1.54) is 69.9 Å². The predicted molar refractivity (Wildman–Crippen MR) is 218 cm³/mol. The van der Waals surface area contributed by atoms with Gasteiger partial charge >= 0.3 is 0 Å². The van der Waals surface area contributed by atoms with Crippen LogP contribution in [0.4, 0.5) is 0 Å². The maximum atomic E-state index is 5.25. The number of hydrogen-bond donors (Lipinski definition) is 0. The minimum atomic E-state index is 0.314. The summed E-state index contributed by atoms with van der Waals surface area (Å²) in [7, 11) is 2.11. The molecule has 0 saturated carbocycles. The molecule has 6 aliphatic heterocycles. The normalized spacial score (nSPS) is 23.1. The van der Waals surface area contributed by atoms with Gasteiger partial charge in [-0.3, -0.25) is 9.88 Å². The van der Waals surface area contributed by atoms with E-state index in [1.54, 1.807) is 12.4 Å². The van der Waals surface area contributed by atoms with Crippen molar-refractivity contribution in [1.29, 1.82) is 0 Å². The number of nitrogens with zero attached hydrogens (tertiary/aromatic N) is 3. The first-order chi connectivity index (χ1) is 25.8. The van der Waals surface area contributed by atoms with Gasteiger partial charge in [-0.05, 0) is 108 Å². The van der Waals surface area contributed by atoms with Gasteiger partial charge in [0.25, 0.3) is 0 Å². The molecule has 6 fully saturated rings. The van der Waals surface area contributed by atoms with Crippen LogP contribution in [0.2, 0.25) is 0 Å². The number of ether oxygens (including phenoxy) is 7. The summed E-state index contributed by atoms with van der Waals surface area (Å²) < 4.78 is 36.0. The third-order valence-electron chi connectivity index (χ3n) is 9.77. The summed E-state index contributed by atoms with van der Waals surface area (Å²) >= 11 is 0. The molecule has 0 aromatic carbocycles. The molecule has 6 aliphatic rings. The van der Waals surface area contributed by atoms with Crippen molar-refractivity contribution in [1.82, 2.24) is 14.8 Å². The first-order valence-electron chi connectivity index (χ1n) is 21.2. The lowest BCUT2D eigenvalue weighted by molar-refractivity contribution is -0.0797. The van der Waals surface area contributed by atoms with Crippen molar-refractivity contribution >= 4 is 0 Å². The van der Waals surface area contributed by atoms with Crippen molar-refractivity contribution in [2.75, 3.05) is 126 Å². The van der Waals surface area contributed by atoms with Crippen LogP contribution in [0.3, 0.4) is 0 Å². The molecule has 1 unspecified atom stereocenters. The molecule has 10 heteroatoms. The first-order valence-corrected chi connectivity index (χ1v) is 21.2. The van der Waals surface area contributed by atoms with Crippen LogP contribution in [0, 0.1) is 24.7 Å². The summed E-state index contributed by atoms with van der Waals surface area (Å²) in [6.07, 6.45) is 15.6. The fraction of sp³-hybridized carbons (Fsp3) is 0.884. The number of aromatic nitrogens is 1. The summed E-state index contributed by atoms with van der Waals surface area (Å²) in [5.41, 5.74) is 1.26. The summed E-state index contributed by atoms with van der Waals surface area (Å²) in [5.74, 6) is 2.80. The van der Waals surface area contributed by atoms with Crippen molar-refractivity contribution < 1.29 is 33.2 Å². The lowest BCUT2D eigenvalue weighted by atomic mass is 9.95. The van der Waals surface area contributed by atoms with E-state index in [0.717, 1.165) is 130 Å². The highest BCUT2D eigenvalue weighted by molar-refractivity contribution is 5.05. The summed E-state index contributed by atoms with van der Waals surface area (Å²) in [6.45, 7) is 30.7. The SMILES string of the molecule is CC1CCOCC1.CC1CCOCC1.CC1COCCO1.CCCC1CCOCC1.CCCN1CCOCC1.CN1CCOCC1.Cc1ccncc1. The summed E-state index contributed by atoms with van der Waals surface area (Å²) in [5, 5.41) is 0. The Kier molecular flexibility index (Phi) is 34.2. The minimum Gasteiger partial charge on any atom is -0.381 e. The highest BCUT2D eigenvalue weighted by Crippen LogP contribution is 2.19. The van der Waals surface area contributed by atoms with Gasteiger partial charge < -0.3 is 38.1 Å². The standard InChI is InChI=1S/C8H16O.C7H15NO.C6H7N.2C6H12O.C5H11NO.C5H10O2/c2*1-2-3-8-4-6-9-7-5-8;4*1-6-2-4-7-5-3-6;1-5-4-6-2-3-7-5/h8H,2-7H2,1H3;2-7H2,1H3;2-5H,1H3;2*6H,2-5H2,1H3;2-5H2,1H3;5H,2-4H2,1H3. The molecule has 0 spiro atoms. The highest BCUT2D eigenvalue weighted by atomic mass is 16.6.